The molecule has 4 heteroatoms. The van der Waals surface area contributed by atoms with Crippen molar-refractivity contribution in [3.05, 3.63) is 0 Å². The highest BCUT2D eigenvalue weighted by atomic mass is 32.2. The molecule has 0 aliphatic rings. The Hall–Kier alpha value is -0.380. The average Bonchev–Trinajstić information content (AvgIpc) is 2.20. The third-order valence-corrected chi connectivity index (χ3v) is 4.21. The highest BCUT2D eigenvalue weighted by Crippen LogP contribution is 2.29. The van der Waals surface area contributed by atoms with E-state index in [1.54, 1.807) is 0 Å². The first kappa shape index (κ1) is 14.6. The summed E-state index contributed by atoms with van der Waals surface area (Å²) in [7, 11) is 0. The molecule has 90 valence electrons. The number of carbonyl (C=O) groups excluding carboxylic acids is 1. The molecule has 0 heterocycles. The number of amides is 1. The van der Waals surface area contributed by atoms with Gasteiger partial charge in [0, 0.05) is 11.3 Å². The Labute approximate surface area is 97.3 Å². The number of hydrogen-bond acceptors (Lipinski definition) is 3. The van der Waals surface area contributed by atoms with Gasteiger partial charge in [-0.15, -0.1) is 0 Å². The zero-order valence-corrected chi connectivity index (χ0v) is 11.2. The first-order valence-corrected chi connectivity index (χ1v) is 6.71. The molecule has 0 atom stereocenters. The van der Waals surface area contributed by atoms with Crippen LogP contribution in [0.1, 0.15) is 40.5 Å². The smallest absolute Gasteiger partial charge is 0.407 e. The lowest BCUT2D eigenvalue weighted by Gasteiger charge is -2.29. The van der Waals surface area contributed by atoms with E-state index < -0.39 is 0 Å². The van der Waals surface area contributed by atoms with Gasteiger partial charge in [0.15, 0.2) is 0 Å². The van der Waals surface area contributed by atoms with E-state index in [9.17, 15) is 4.79 Å². The lowest BCUT2D eigenvalue weighted by molar-refractivity contribution is 0.114. The van der Waals surface area contributed by atoms with Gasteiger partial charge in [-0.2, -0.15) is 11.8 Å². The third kappa shape index (κ3) is 5.30. The van der Waals surface area contributed by atoms with E-state index in [2.05, 4.69) is 25.4 Å². The fourth-order valence-electron chi connectivity index (χ4n) is 1.35. The van der Waals surface area contributed by atoms with Gasteiger partial charge in [-0.1, -0.05) is 13.8 Å². The molecule has 0 saturated carbocycles. The van der Waals surface area contributed by atoms with Crippen LogP contribution in [0.3, 0.4) is 0 Å². The Morgan fingerprint density at radius 3 is 2.27 bits per heavy atom. The highest BCUT2D eigenvalue weighted by molar-refractivity contribution is 8.00. The van der Waals surface area contributed by atoms with Gasteiger partial charge in [-0.25, -0.2) is 4.79 Å². The molecule has 0 aromatic rings. The van der Waals surface area contributed by atoms with Crippen LogP contribution in [0.25, 0.3) is 0 Å². The predicted molar refractivity (Wildman–Crippen MR) is 66.4 cm³/mol. The number of alkyl carbamates (subject to hydrolysis) is 1. The fourth-order valence-corrected chi connectivity index (χ4v) is 2.14. The van der Waals surface area contributed by atoms with Gasteiger partial charge in [-0.3, -0.25) is 0 Å². The van der Waals surface area contributed by atoms with Crippen molar-refractivity contribution in [3.8, 4) is 0 Å². The largest absolute Gasteiger partial charge is 0.447 e. The second-order valence-corrected chi connectivity index (χ2v) is 5.18. The van der Waals surface area contributed by atoms with Crippen molar-refractivity contribution in [3.63, 3.8) is 0 Å². The molecule has 0 fully saturated rings. The predicted octanol–water partition coefficient (Wildman–Crippen LogP) is 3.04. The van der Waals surface area contributed by atoms with Crippen LogP contribution in [-0.2, 0) is 4.74 Å². The Bertz CT molecular complexity index is 183. The van der Waals surface area contributed by atoms with E-state index >= 15 is 0 Å². The molecule has 0 unspecified atom stereocenters. The number of ether oxygens (including phenoxy) is 1. The standard InChI is InChI=1S/C11H23NO2S/c1-6-11(7-2,15-5)8-12-10(13)14-9(3)4/h9H,6-8H2,1-5H3,(H,12,13). The summed E-state index contributed by atoms with van der Waals surface area (Å²) in [6.45, 7) is 8.67. The maximum Gasteiger partial charge on any atom is 0.407 e. The molecule has 0 rings (SSSR count). The van der Waals surface area contributed by atoms with Gasteiger partial charge in [0.05, 0.1) is 6.10 Å². The van der Waals surface area contributed by atoms with Crippen LogP contribution >= 0.6 is 11.8 Å². The van der Waals surface area contributed by atoms with Crippen molar-refractivity contribution in [2.45, 2.75) is 51.4 Å². The molecule has 1 N–H and O–H groups in total. The molecule has 1 amide bonds. The SMILES string of the molecule is CCC(CC)(CNC(=O)OC(C)C)SC. The van der Waals surface area contributed by atoms with Crippen LogP contribution < -0.4 is 5.32 Å². The van der Waals surface area contributed by atoms with Crippen molar-refractivity contribution in [1.82, 2.24) is 5.32 Å². The normalized spacial score (nSPS) is 11.6. The van der Waals surface area contributed by atoms with Gasteiger partial charge in [0.1, 0.15) is 0 Å². The molecule has 0 saturated heterocycles. The van der Waals surface area contributed by atoms with E-state index in [0.717, 1.165) is 12.8 Å². The van der Waals surface area contributed by atoms with Crippen molar-refractivity contribution in [2.24, 2.45) is 0 Å². The number of carbonyl (C=O) groups is 1. The van der Waals surface area contributed by atoms with Crippen LogP contribution in [0, 0.1) is 0 Å². The number of thioether (sulfide) groups is 1. The maximum absolute atomic E-state index is 11.3. The molecular formula is C11H23NO2S. The van der Waals surface area contributed by atoms with Crippen molar-refractivity contribution in [2.75, 3.05) is 12.8 Å². The van der Waals surface area contributed by atoms with Crippen molar-refractivity contribution in [1.29, 1.82) is 0 Å². The zero-order valence-electron chi connectivity index (χ0n) is 10.4. The van der Waals surface area contributed by atoms with Crippen LogP contribution in [0.2, 0.25) is 0 Å². The van der Waals surface area contributed by atoms with Crippen LogP contribution in [-0.4, -0.2) is 29.7 Å². The highest BCUT2D eigenvalue weighted by Gasteiger charge is 2.25. The van der Waals surface area contributed by atoms with Gasteiger partial charge in [-0.05, 0) is 32.9 Å². The van der Waals surface area contributed by atoms with Gasteiger partial charge < -0.3 is 10.1 Å². The zero-order chi connectivity index (χ0) is 11.9. The molecule has 0 aromatic carbocycles. The lowest BCUT2D eigenvalue weighted by Crippen LogP contribution is -2.40. The summed E-state index contributed by atoms with van der Waals surface area (Å²) >= 11 is 1.81. The minimum Gasteiger partial charge on any atom is -0.447 e. The summed E-state index contributed by atoms with van der Waals surface area (Å²) in [5.74, 6) is 0. The monoisotopic (exact) mass is 233 g/mol. The molecule has 3 nitrogen and oxygen atoms in total. The summed E-state index contributed by atoms with van der Waals surface area (Å²) in [6.07, 6.45) is 3.81. The molecule has 0 aromatic heterocycles. The Morgan fingerprint density at radius 1 is 1.40 bits per heavy atom. The lowest BCUT2D eigenvalue weighted by atomic mass is 10.0. The third-order valence-electron chi connectivity index (χ3n) is 2.62. The summed E-state index contributed by atoms with van der Waals surface area (Å²) < 4.78 is 5.17. The van der Waals surface area contributed by atoms with Crippen LogP contribution in [0.5, 0.6) is 0 Å². The second kappa shape index (κ2) is 6.99. The molecular weight excluding hydrogens is 210 g/mol. The first-order valence-electron chi connectivity index (χ1n) is 5.49. The number of nitrogens with one attached hydrogen (secondary N) is 1. The van der Waals surface area contributed by atoms with E-state index in [1.165, 1.54) is 0 Å². The molecule has 0 aliphatic carbocycles. The van der Waals surface area contributed by atoms with Gasteiger partial charge in [0.25, 0.3) is 0 Å². The van der Waals surface area contributed by atoms with E-state index in [1.807, 2.05) is 25.6 Å². The summed E-state index contributed by atoms with van der Waals surface area (Å²) in [5.41, 5.74) is 0. The summed E-state index contributed by atoms with van der Waals surface area (Å²) in [4.78, 5) is 11.3. The molecule has 15 heavy (non-hydrogen) atoms. The first-order chi connectivity index (χ1) is 6.99. The van der Waals surface area contributed by atoms with Crippen molar-refractivity contribution >= 4 is 17.9 Å². The average molecular weight is 233 g/mol. The van der Waals surface area contributed by atoms with Crippen molar-refractivity contribution < 1.29 is 9.53 Å². The Kier molecular flexibility index (Phi) is 6.81. The topological polar surface area (TPSA) is 38.3 Å². The molecule has 0 radical (unpaired) electrons. The van der Waals surface area contributed by atoms with E-state index in [0.29, 0.717) is 6.54 Å². The van der Waals surface area contributed by atoms with Gasteiger partial charge in [0.2, 0.25) is 0 Å². The van der Waals surface area contributed by atoms with Gasteiger partial charge >= 0.3 is 6.09 Å². The van der Waals surface area contributed by atoms with E-state index in [4.69, 9.17) is 4.74 Å². The van der Waals surface area contributed by atoms with Crippen LogP contribution in [0.15, 0.2) is 0 Å². The quantitative estimate of drug-likeness (QED) is 0.766. The molecule has 0 aliphatic heterocycles. The minimum absolute atomic E-state index is 0.0584. The Balaban J connectivity index is 4.05. The summed E-state index contributed by atoms with van der Waals surface area (Å²) in [5, 5.41) is 2.83. The molecule has 0 bridgehead atoms. The second-order valence-electron chi connectivity index (χ2n) is 3.90. The summed E-state index contributed by atoms with van der Waals surface area (Å²) in [6, 6.07) is 0. The fraction of sp³-hybridized carbons (Fsp3) is 0.909. The van der Waals surface area contributed by atoms with E-state index in [-0.39, 0.29) is 16.9 Å². The minimum atomic E-state index is -0.315. The molecule has 0 spiro atoms. The Morgan fingerprint density at radius 2 is 1.93 bits per heavy atom. The maximum atomic E-state index is 11.3. The number of hydrogen-bond donors (Lipinski definition) is 1. The number of rotatable bonds is 6. The van der Waals surface area contributed by atoms with Crippen LogP contribution in [0.4, 0.5) is 4.79 Å².